The Morgan fingerprint density at radius 3 is 2.61 bits per heavy atom. The first-order valence-corrected chi connectivity index (χ1v) is 6.61. The molecule has 1 aromatic rings. The minimum atomic E-state index is 0.868. The zero-order chi connectivity index (χ0) is 12.6. The molecular formula is C15H22N2O. The van der Waals surface area contributed by atoms with Gasteiger partial charge in [-0.2, -0.15) is 0 Å². The molecule has 3 nitrogen and oxygen atoms in total. The Morgan fingerprint density at radius 1 is 1.22 bits per heavy atom. The third-order valence-corrected chi connectivity index (χ3v) is 3.26. The monoisotopic (exact) mass is 246 g/mol. The second kappa shape index (κ2) is 7.19. The average molecular weight is 246 g/mol. The number of hydrogen-bond acceptors (Lipinski definition) is 3. The molecule has 0 unspecified atom stereocenters. The van der Waals surface area contributed by atoms with E-state index in [0.29, 0.717) is 0 Å². The summed E-state index contributed by atoms with van der Waals surface area (Å²) in [4.78, 5) is 4.82. The SMILES string of the molecule is C=CCN(CCN1CCOCC1)c1ccccc1. The molecule has 0 amide bonds. The molecule has 1 aliphatic heterocycles. The first-order valence-electron chi connectivity index (χ1n) is 6.61. The van der Waals surface area contributed by atoms with Crippen molar-refractivity contribution >= 4 is 5.69 Å². The summed E-state index contributed by atoms with van der Waals surface area (Å²) < 4.78 is 5.37. The van der Waals surface area contributed by atoms with Gasteiger partial charge in [-0.15, -0.1) is 6.58 Å². The van der Waals surface area contributed by atoms with Crippen molar-refractivity contribution in [3.05, 3.63) is 43.0 Å². The van der Waals surface area contributed by atoms with Crippen LogP contribution in [0.15, 0.2) is 43.0 Å². The van der Waals surface area contributed by atoms with Crippen LogP contribution in [0.4, 0.5) is 5.69 Å². The smallest absolute Gasteiger partial charge is 0.0594 e. The van der Waals surface area contributed by atoms with Gasteiger partial charge < -0.3 is 9.64 Å². The summed E-state index contributed by atoms with van der Waals surface area (Å²) in [7, 11) is 0. The van der Waals surface area contributed by atoms with E-state index in [1.807, 2.05) is 6.08 Å². The van der Waals surface area contributed by atoms with Crippen molar-refractivity contribution in [2.45, 2.75) is 0 Å². The fraction of sp³-hybridized carbons (Fsp3) is 0.467. The fourth-order valence-corrected chi connectivity index (χ4v) is 2.21. The van der Waals surface area contributed by atoms with Crippen molar-refractivity contribution in [2.24, 2.45) is 0 Å². The summed E-state index contributed by atoms with van der Waals surface area (Å²) in [5, 5.41) is 0. The maximum Gasteiger partial charge on any atom is 0.0594 e. The van der Waals surface area contributed by atoms with Crippen LogP contribution in [-0.2, 0) is 4.74 Å². The van der Waals surface area contributed by atoms with Gasteiger partial charge in [0.2, 0.25) is 0 Å². The topological polar surface area (TPSA) is 15.7 Å². The van der Waals surface area contributed by atoms with Crippen molar-refractivity contribution in [2.75, 3.05) is 50.8 Å². The van der Waals surface area contributed by atoms with Crippen LogP contribution in [0.25, 0.3) is 0 Å². The highest BCUT2D eigenvalue weighted by Gasteiger charge is 2.11. The Morgan fingerprint density at radius 2 is 1.94 bits per heavy atom. The highest BCUT2D eigenvalue weighted by molar-refractivity contribution is 5.46. The lowest BCUT2D eigenvalue weighted by molar-refractivity contribution is 0.0392. The molecule has 98 valence electrons. The van der Waals surface area contributed by atoms with Gasteiger partial charge in [-0.3, -0.25) is 4.90 Å². The molecule has 3 heteroatoms. The zero-order valence-electron chi connectivity index (χ0n) is 10.9. The summed E-state index contributed by atoms with van der Waals surface area (Å²) >= 11 is 0. The van der Waals surface area contributed by atoms with Crippen LogP contribution in [-0.4, -0.2) is 50.8 Å². The van der Waals surface area contributed by atoms with Crippen molar-refractivity contribution in [3.8, 4) is 0 Å². The van der Waals surface area contributed by atoms with Crippen LogP contribution in [0.2, 0.25) is 0 Å². The van der Waals surface area contributed by atoms with Gasteiger partial charge in [0.15, 0.2) is 0 Å². The van der Waals surface area contributed by atoms with Gasteiger partial charge in [-0.25, -0.2) is 0 Å². The quantitative estimate of drug-likeness (QED) is 0.714. The average Bonchev–Trinajstić information content (AvgIpc) is 2.45. The second-order valence-corrected chi connectivity index (χ2v) is 4.52. The lowest BCUT2D eigenvalue weighted by Crippen LogP contribution is -2.41. The number of rotatable bonds is 6. The van der Waals surface area contributed by atoms with Crippen molar-refractivity contribution < 1.29 is 4.74 Å². The number of morpholine rings is 1. The Labute approximate surface area is 110 Å². The predicted octanol–water partition coefficient (Wildman–Crippen LogP) is 2.01. The summed E-state index contributed by atoms with van der Waals surface area (Å²) in [6.45, 7) is 10.7. The van der Waals surface area contributed by atoms with Crippen LogP contribution in [0.3, 0.4) is 0 Å². The number of anilines is 1. The van der Waals surface area contributed by atoms with Crippen LogP contribution < -0.4 is 4.90 Å². The molecule has 0 aliphatic carbocycles. The van der Waals surface area contributed by atoms with Crippen LogP contribution >= 0.6 is 0 Å². The van der Waals surface area contributed by atoms with E-state index in [9.17, 15) is 0 Å². The molecule has 0 aromatic heterocycles. The van der Waals surface area contributed by atoms with E-state index in [2.05, 4.69) is 46.7 Å². The highest BCUT2D eigenvalue weighted by atomic mass is 16.5. The molecule has 0 saturated carbocycles. The fourth-order valence-electron chi connectivity index (χ4n) is 2.21. The first kappa shape index (κ1) is 13.1. The normalized spacial score (nSPS) is 16.4. The molecule has 1 aromatic carbocycles. The third-order valence-electron chi connectivity index (χ3n) is 3.26. The van der Waals surface area contributed by atoms with Gasteiger partial charge in [-0.05, 0) is 12.1 Å². The maximum atomic E-state index is 5.37. The standard InChI is InChI=1S/C15H22N2O/c1-2-8-17(15-6-4-3-5-7-15)10-9-16-11-13-18-14-12-16/h2-7H,1,8-14H2. The predicted molar refractivity (Wildman–Crippen MR) is 76.1 cm³/mol. The first-order chi connectivity index (χ1) is 8.90. The van der Waals surface area contributed by atoms with Crippen molar-refractivity contribution in [3.63, 3.8) is 0 Å². The minimum absolute atomic E-state index is 0.868. The van der Waals surface area contributed by atoms with Gasteiger partial charge >= 0.3 is 0 Å². The molecule has 18 heavy (non-hydrogen) atoms. The van der Waals surface area contributed by atoms with Gasteiger partial charge in [0.1, 0.15) is 0 Å². The minimum Gasteiger partial charge on any atom is -0.379 e. The van der Waals surface area contributed by atoms with E-state index in [4.69, 9.17) is 4.74 Å². The molecule has 1 aliphatic rings. The van der Waals surface area contributed by atoms with E-state index < -0.39 is 0 Å². The molecule has 0 bridgehead atoms. The molecular weight excluding hydrogens is 224 g/mol. The summed E-state index contributed by atoms with van der Waals surface area (Å²) in [6.07, 6.45) is 1.96. The Hall–Kier alpha value is -1.32. The van der Waals surface area contributed by atoms with E-state index in [1.54, 1.807) is 0 Å². The molecule has 1 heterocycles. The molecule has 0 N–H and O–H groups in total. The van der Waals surface area contributed by atoms with E-state index in [0.717, 1.165) is 45.9 Å². The van der Waals surface area contributed by atoms with Gasteiger partial charge in [0.25, 0.3) is 0 Å². The number of para-hydroxylation sites is 1. The molecule has 1 fully saturated rings. The maximum absolute atomic E-state index is 5.37. The highest BCUT2D eigenvalue weighted by Crippen LogP contribution is 2.13. The van der Waals surface area contributed by atoms with E-state index >= 15 is 0 Å². The number of ether oxygens (including phenoxy) is 1. The number of nitrogens with zero attached hydrogens (tertiary/aromatic N) is 2. The second-order valence-electron chi connectivity index (χ2n) is 4.52. The molecule has 0 radical (unpaired) electrons. The van der Waals surface area contributed by atoms with E-state index in [1.165, 1.54) is 5.69 Å². The van der Waals surface area contributed by atoms with Crippen molar-refractivity contribution in [1.82, 2.24) is 4.90 Å². The van der Waals surface area contributed by atoms with Gasteiger partial charge in [0.05, 0.1) is 13.2 Å². The molecule has 2 rings (SSSR count). The molecule has 0 atom stereocenters. The zero-order valence-corrected chi connectivity index (χ0v) is 10.9. The van der Waals surface area contributed by atoms with E-state index in [-0.39, 0.29) is 0 Å². The van der Waals surface area contributed by atoms with Gasteiger partial charge in [0, 0.05) is 38.4 Å². The lowest BCUT2D eigenvalue weighted by Gasteiger charge is -2.30. The third kappa shape index (κ3) is 3.86. The Bertz CT molecular complexity index is 347. The molecule has 1 saturated heterocycles. The van der Waals surface area contributed by atoms with Crippen LogP contribution in [0, 0.1) is 0 Å². The summed E-state index contributed by atoms with van der Waals surface area (Å²) in [6, 6.07) is 10.5. The molecule has 0 spiro atoms. The largest absolute Gasteiger partial charge is 0.379 e. The summed E-state index contributed by atoms with van der Waals surface area (Å²) in [5.74, 6) is 0. The Balaban J connectivity index is 1.88. The van der Waals surface area contributed by atoms with Crippen LogP contribution in [0.1, 0.15) is 0 Å². The number of benzene rings is 1. The Kier molecular flexibility index (Phi) is 5.24. The van der Waals surface area contributed by atoms with Gasteiger partial charge in [-0.1, -0.05) is 24.3 Å². The van der Waals surface area contributed by atoms with Crippen LogP contribution in [0.5, 0.6) is 0 Å². The summed E-state index contributed by atoms with van der Waals surface area (Å²) in [5.41, 5.74) is 1.27. The van der Waals surface area contributed by atoms with Crippen molar-refractivity contribution in [1.29, 1.82) is 0 Å². The number of hydrogen-bond donors (Lipinski definition) is 0. The lowest BCUT2D eigenvalue weighted by atomic mass is 10.2.